The number of piperidine rings is 1. The van der Waals surface area contributed by atoms with Crippen LogP contribution in [0.2, 0.25) is 0 Å². The van der Waals surface area contributed by atoms with Crippen molar-refractivity contribution in [2.24, 2.45) is 5.92 Å². The quantitative estimate of drug-likeness (QED) is 0.107. The third kappa shape index (κ3) is 7.79. The first-order valence-corrected chi connectivity index (χ1v) is 20.1. The van der Waals surface area contributed by atoms with Crippen LogP contribution in [0, 0.1) is 5.92 Å². The molecule has 11 heteroatoms. The van der Waals surface area contributed by atoms with Gasteiger partial charge < -0.3 is 29.8 Å². The Morgan fingerprint density at radius 3 is 2.25 bits per heavy atom. The fourth-order valence-corrected chi connectivity index (χ4v) is 8.71. The number of H-pyrrole nitrogens is 2. The number of carbonyl (C=O) groups excluding carboxylic acids is 3. The number of alkyl carbamates (subject to hydrolysis) is 1. The summed E-state index contributed by atoms with van der Waals surface area (Å²) in [7, 11) is 1.28. The summed E-state index contributed by atoms with van der Waals surface area (Å²) in [5, 5.41) is 4.92. The largest absolute Gasteiger partial charge is 0.453 e. The second kappa shape index (κ2) is 16.5. The Bertz CT molecular complexity index is 2370. The molecule has 57 heavy (non-hydrogen) atoms. The van der Waals surface area contributed by atoms with Crippen molar-refractivity contribution in [3.8, 4) is 33.6 Å². The summed E-state index contributed by atoms with van der Waals surface area (Å²) in [5.41, 5.74) is 6.79. The van der Waals surface area contributed by atoms with Crippen molar-refractivity contribution in [1.82, 2.24) is 35.1 Å². The molecule has 4 aromatic carbocycles. The van der Waals surface area contributed by atoms with Gasteiger partial charge in [-0.25, -0.2) is 14.8 Å². The molecule has 11 nitrogen and oxygen atoms in total. The van der Waals surface area contributed by atoms with Crippen LogP contribution in [0.4, 0.5) is 4.79 Å². The Labute approximate surface area is 332 Å². The summed E-state index contributed by atoms with van der Waals surface area (Å²) in [6.07, 6.45) is 8.57. The second-order valence-electron chi connectivity index (χ2n) is 15.2. The summed E-state index contributed by atoms with van der Waals surface area (Å²) >= 11 is 0. The SMILES string of the molecule is CCCC(=O)N1[C@@H]2CC[C@@H](C2)[C@H]1c1ncc(-c2ccc(-c3ccc4cc(-c5cnc(CN(CCC)C(=O)[C@H](NC(=O)OC)c6ccccc6)[nH]5)ccc4c3)cc2)[nH]1. The molecule has 3 heterocycles. The molecule has 0 radical (unpaired) electrons. The van der Waals surface area contributed by atoms with Gasteiger partial charge in [0.1, 0.15) is 17.7 Å². The van der Waals surface area contributed by atoms with Crippen LogP contribution in [0.5, 0.6) is 0 Å². The van der Waals surface area contributed by atoms with E-state index in [4.69, 9.17) is 9.72 Å². The summed E-state index contributed by atoms with van der Waals surface area (Å²) in [6, 6.07) is 30.1. The Morgan fingerprint density at radius 1 is 0.825 bits per heavy atom. The number of likely N-dealkylation sites (tertiary alicyclic amines) is 1. The number of fused-ring (bicyclic) bond motifs is 3. The van der Waals surface area contributed by atoms with Gasteiger partial charge in [0.05, 0.1) is 43.5 Å². The fourth-order valence-electron chi connectivity index (χ4n) is 8.71. The minimum Gasteiger partial charge on any atom is -0.453 e. The molecular formula is C46H49N7O4. The zero-order chi connectivity index (χ0) is 39.5. The average molecular weight is 764 g/mol. The summed E-state index contributed by atoms with van der Waals surface area (Å²) in [6.45, 7) is 4.83. The number of amides is 3. The van der Waals surface area contributed by atoms with E-state index in [-0.39, 0.29) is 24.4 Å². The minimum absolute atomic E-state index is 0.0486. The molecule has 1 saturated heterocycles. The predicted octanol–water partition coefficient (Wildman–Crippen LogP) is 8.98. The van der Waals surface area contributed by atoms with Gasteiger partial charge in [0.2, 0.25) is 11.8 Å². The molecule has 1 aliphatic carbocycles. The molecule has 3 amide bonds. The van der Waals surface area contributed by atoms with E-state index in [9.17, 15) is 14.4 Å². The van der Waals surface area contributed by atoms with Gasteiger partial charge in [-0.1, -0.05) is 92.7 Å². The number of aromatic amines is 2. The molecule has 8 rings (SSSR count). The molecule has 4 atom stereocenters. The van der Waals surface area contributed by atoms with Crippen molar-refractivity contribution in [3.05, 3.63) is 121 Å². The first-order chi connectivity index (χ1) is 27.8. The second-order valence-corrected chi connectivity index (χ2v) is 15.2. The lowest BCUT2D eigenvalue weighted by Crippen LogP contribution is -2.43. The van der Waals surface area contributed by atoms with Crippen LogP contribution in [0.25, 0.3) is 44.4 Å². The number of methoxy groups -OCH3 is 1. The number of ether oxygens (including phenoxy) is 1. The Kier molecular flexibility index (Phi) is 10.9. The van der Waals surface area contributed by atoms with Crippen LogP contribution in [-0.2, 0) is 20.9 Å². The van der Waals surface area contributed by atoms with E-state index < -0.39 is 12.1 Å². The van der Waals surface area contributed by atoms with E-state index in [0.29, 0.717) is 36.3 Å². The van der Waals surface area contributed by atoms with Gasteiger partial charge in [-0.2, -0.15) is 0 Å². The van der Waals surface area contributed by atoms with Crippen molar-refractivity contribution in [3.63, 3.8) is 0 Å². The number of hydrogen-bond acceptors (Lipinski definition) is 6. The molecule has 2 fully saturated rings. The van der Waals surface area contributed by atoms with Crippen LogP contribution >= 0.6 is 0 Å². The third-order valence-corrected chi connectivity index (χ3v) is 11.5. The highest BCUT2D eigenvalue weighted by atomic mass is 16.5. The van der Waals surface area contributed by atoms with Gasteiger partial charge in [-0.3, -0.25) is 9.59 Å². The van der Waals surface area contributed by atoms with E-state index >= 15 is 0 Å². The average Bonchev–Trinajstić information content (AvgIpc) is 4.08. The molecule has 2 bridgehead atoms. The van der Waals surface area contributed by atoms with Crippen LogP contribution in [0.3, 0.4) is 0 Å². The van der Waals surface area contributed by atoms with E-state index in [1.54, 1.807) is 11.1 Å². The lowest BCUT2D eigenvalue weighted by molar-refractivity contribution is -0.136. The maximum Gasteiger partial charge on any atom is 0.407 e. The summed E-state index contributed by atoms with van der Waals surface area (Å²) < 4.78 is 4.82. The van der Waals surface area contributed by atoms with E-state index in [0.717, 1.165) is 82.3 Å². The molecule has 3 N–H and O–H groups in total. The zero-order valence-corrected chi connectivity index (χ0v) is 32.7. The third-order valence-electron chi connectivity index (χ3n) is 11.5. The molecule has 6 aromatic rings. The smallest absolute Gasteiger partial charge is 0.407 e. The normalized spacial score (nSPS) is 17.8. The number of nitrogens with one attached hydrogen (secondary N) is 3. The van der Waals surface area contributed by atoms with Crippen molar-refractivity contribution < 1.29 is 19.1 Å². The zero-order valence-electron chi connectivity index (χ0n) is 32.7. The van der Waals surface area contributed by atoms with E-state index in [1.165, 1.54) is 7.11 Å². The highest BCUT2D eigenvalue weighted by molar-refractivity contribution is 5.91. The van der Waals surface area contributed by atoms with E-state index in [2.05, 4.69) is 92.8 Å². The van der Waals surface area contributed by atoms with Crippen molar-refractivity contribution in [2.45, 2.75) is 77.0 Å². The predicted molar refractivity (Wildman–Crippen MR) is 221 cm³/mol. The number of rotatable bonds is 13. The number of aromatic nitrogens is 4. The Hall–Kier alpha value is -6.23. The van der Waals surface area contributed by atoms with Gasteiger partial charge in [-0.05, 0) is 83.2 Å². The van der Waals surface area contributed by atoms with Gasteiger partial charge in [0, 0.05) is 24.6 Å². The number of imidazole rings is 2. The van der Waals surface area contributed by atoms with Crippen LogP contribution < -0.4 is 5.32 Å². The lowest BCUT2D eigenvalue weighted by Gasteiger charge is -2.34. The standard InChI is InChI=1S/C46H49N7O4/c1-4-9-41(54)53-37-21-20-36(25-37)43(53)44-48-27-38(50-44)30-14-12-29(13-15-30)32-16-17-34-24-35(19-18-33(34)23-32)39-26-47-40(49-39)28-52(22-5-2)45(55)42(51-46(56)57-3)31-10-7-6-8-11-31/h6-8,10-19,23-24,26-27,36-37,42-43H,4-5,9,20-22,25,28H2,1-3H3,(H,47,49)(H,48,50)(H,51,56)/t36-,37+,42+,43-/m0/s1. The van der Waals surface area contributed by atoms with Crippen molar-refractivity contribution in [2.75, 3.05) is 13.7 Å². The van der Waals surface area contributed by atoms with E-state index in [1.807, 2.05) is 43.5 Å². The molecule has 0 unspecified atom stereocenters. The maximum atomic E-state index is 13.8. The number of benzene rings is 4. The number of hydrogen-bond donors (Lipinski definition) is 3. The molecular weight excluding hydrogens is 715 g/mol. The molecule has 2 aromatic heterocycles. The molecule has 1 aliphatic heterocycles. The van der Waals surface area contributed by atoms with Crippen molar-refractivity contribution in [1.29, 1.82) is 0 Å². The Morgan fingerprint density at radius 2 is 1.51 bits per heavy atom. The van der Waals surface area contributed by atoms with Crippen LogP contribution in [0.1, 0.15) is 81.7 Å². The minimum atomic E-state index is -0.889. The summed E-state index contributed by atoms with van der Waals surface area (Å²) in [5.74, 6) is 2.05. The fraction of sp³-hybridized carbons (Fsp3) is 0.326. The molecule has 292 valence electrons. The topological polar surface area (TPSA) is 136 Å². The van der Waals surface area contributed by atoms with Crippen molar-refractivity contribution >= 4 is 28.7 Å². The van der Waals surface area contributed by atoms with Gasteiger partial charge in [0.25, 0.3) is 0 Å². The monoisotopic (exact) mass is 763 g/mol. The van der Waals surface area contributed by atoms with Gasteiger partial charge in [0.15, 0.2) is 0 Å². The first-order valence-electron chi connectivity index (χ1n) is 20.1. The molecule has 0 spiro atoms. The highest BCUT2D eigenvalue weighted by Crippen LogP contribution is 2.50. The maximum absolute atomic E-state index is 13.8. The Balaban J connectivity index is 0.951. The summed E-state index contributed by atoms with van der Waals surface area (Å²) in [4.78, 5) is 59.3. The number of nitrogens with zero attached hydrogens (tertiary/aromatic N) is 4. The van der Waals surface area contributed by atoms with Crippen LogP contribution in [0.15, 0.2) is 103 Å². The molecule has 2 aliphatic rings. The first kappa shape index (κ1) is 37.7. The highest BCUT2D eigenvalue weighted by Gasteiger charge is 2.49. The van der Waals surface area contributed by atoms with Gasteiger partial charge >= 0.3 is 6.09 Å². The lowest BCUT2D eigenvalue weighted by atomic mass is 9.97. The number of carbonyl (C=O) groups is 3. The van der Waals surface area contributed by atoms with Gasteiger partial charge in [-0.15, -0.1) is 0 Å². The van der Waals surface area contributed by atoms with Crippen LogP contribution in [-0.4, -0.2) is 67.3 Å². The molecule has 1 saturated carbocycles.